The average Bonchev–Trinajstić information content (AvgIpc) is 3.92. The predicted octanol–water partition coefficient (Wildman–Crippen LogP) is 6.19. The third-order valence-corrected chi connectivity index (χ3v) is 13.7. The zero-order chi connectivity index (χ0) is 37.7. The van der Waals surface area contributed by atoms with Crippen LogP contribution in [0.25, 0.3) is 10.8 Å². The SMILES string of the molecule is C[C@@H]1C[C@H]2[C@@H]3CCC4=CC(=O)C=C[C@]4(C)[C@@]3(F)[C@@H](O)C[C@]2(C)[C@@]1(O)C(=O)COC(=O)c1ccc([C@@H]2C[C@H]2C(=O)Nc2ccc3cnccc3c2F)cc1. The first-order valence-electron chi connectivity index (χ1n) is 18.3. The van der Waals surface area contributed by atoms with Crippen LogP contribution < -0.4 is 5.32 Å². The van der Waals surface area contributed by atoms with Gasteiger partial charge in [0.05, 0.1) is 17.4 Å². The van der Waals surface area contributed by atoms with E-state index in [1.54, 1.807) is 69.4 Å². The number of fused-ring (bicyclic) bond motifs is 6. The number of rotatable bonds is 7. The zero-order valence-corrected chi connectivity index (χ0v) is 29.8. The summed E-state index contributed by atoms with van der Waals surface area (Å²) in [6, 6.07) is 11.3. The van der Waals surface area contributed by atoms with Crippen LogP contribution in [0.2, 0.25) is 0 Å². The maximum atomic E-state index is 17.5. The van der Waals surface area contributed by atoms with Crippen molar-refractivity contribution in [2.75, 3.05) is 11.9 Å². The highest BCUT2D eigenvalue weighted by Gasteiger charge is 2.75. The Morgan fingerprint density at radius 2 is 1.81 bits per heavy atom. The lowest BCUT2D eigenvalue weighted by Crippen LogP contribution is -2.69. The van der Waals surface area contributed by atoms with Crippen molar-refractivity contribution >= 4 is 39.9 Å². The molecule has 11 heteroatoms. The van der Waals surface area contributed by atoms with Gasteiger partial charge in [0, 0.05) is 45.8 Å². The Bertz CT molecular complexity index is 2130. The number of carbonyl (C=O) groups excluding carboxylic acids is 4. The number of ketones is 2. The standard InChI is InChI=1S/C42H42F2N2O7/c1-22-16-32-31-10-9-26-17-27(47)12-14-39(26,2)41(31,44)34(48)19-40(32,3)42(22,52)35(49)21-53-38(51)24-6-4-23(5-7-24)29-18-30(29)37(50)46-33-11-8-25-20-45-15-13-28(25)36(33)43/h4-8,11-15,17,20,22,29-32,34,48,52H,9-10,16,18-19,21H2,1-3H3,(H,46,50)/t22-,29+,30-,31+,32+,34+,39+,40+,41+,42+/m1/s1. The van der Waals surface area contributed by atoms with Gasteiger partial charge in [-0.2, -0.15) is 0 Å². The Labute approximate surface area is 305 Å². The van der Waals surface area contributed by atoms with Crippen molar-refractivity contribution < 1.29 is 42.9 Å². The van der Waals surface area contributed by atoms with Gasteiger partial charge in [0.25, 0.3) is 0 Å². The monoisotopic (exact) mass is 724 g/mol. The number of amides is 1. The number of nitrogens with one attached hydrogen (secondary N) is 1. The van der Waals surface area contributed by atoms with Crippen LogP contribution in [0.1, 0.15) is 74.7 Å². The molecule has 1 amide bonds. The van der Waals surface area contributed by atoms with Crippen LogP contribution in [0.3, 0.4) is 0 Å². The van der Waals surface area contributed by atoms with Crippen LogP contribution >= 0.6 is 0 Å². The van der Waals surface area contributed by atoms with E-state index in [2.05, 4.69) is 10.3 Å². The molecule has 10 atom stereocenters. The van der Waals surface area contributed by atoms with Gasteiger partial charge in [-0.05, 0) is 98.8 Å². The van der Waals surface area contributed by atoms with Crippen molar-refractivity contribution in [2.45, 2.75) is 76.2 Å². The van der Waals surface area contributed by atoms with Crippen molar-refractivity contribution in [3.8, 4) is 0 Å². The van der Waals surface area contributed by atoms with Crippen LogP contribution in [-0.2, 0) is 19.1 Å². The summed E-state index contributed by atoms with van der Waals surface area (Å²) in [6.07, 6.45) is 7.49. The molecule has 0 radical (unpaired) electrons. The summed E-state index contributed by atoms with van der Waals surface area (Å²) in [5.74, 6) is -4.68. The number of esters is 1. The minimum Gasteiger partial charge on any atom is -0.454 e. The molecule has 2 aromatic carbocycles. The number of benzene rings is 2. The first-order valence-corrected chi connectivity index (χ1v) is 18.3. The molecule has 0 spiro atoms. The van der Waals surface area contributed by atoms with Crippen LogP contribution in [0, 0.1) is 40.3 Å². The van der Waals surface area contributed by atoms with Crippen molar-refractivity contribution in [1.82, 2.24) is 4.98 Å². The van der Waals surface area contributed by atoms with Gasteiger partial charge in [-0.3, -0.25) is 19.4 Å². The molecule has 3 aromatic rings. The number of pyridine rings is 1. The van der Waals surface area contributed by atoms with Crippen LogP contribution in [-0.4, -0.2) is 62.6 Å². The summed E-state index contributed by atoms with van der Waals surface area (Å²) in [5, 5.41) is 27.5. The Morgan fingerprint density at radius 1 is 1.06 bits per heavy atom. The highest BCUT2D eigenvalue weighted by molar-refractivity contribution is 6.01. The number of allylic oxidation sites excluding steroid dienone is 4. The molecule has 276 valence electrons. The topological polar surface area (TPSA) is 143 Å². The quantitative estimate of drug-likeness (QED) is 0.245. The minimum absolute atomic E-state index is 0.0957. The minimum atomic E-state index is -2.09. The lowest BCUT2D eigenvalue weighted by molar-refractivity contribution is -0.219. The van der Waals surface area contributed by atoms with E-state index in [0.29, 0.717) is 42.0 Å². The molecule has 0 bridgehead atoms. The molecule has 8 rings (SSSR count). The van der Waals surface area contributed by atoms with Gasteiger partial charge in [-0.1, -0.05) is 43.7 Å². The zero-order valence-electron chi connectivity index (χ0n) is 29.8. The molecule has 4 saturated carbocycles. The molecule has 4 fully saturated rings. The third-order valence-electron chi connectivity index (χ3n) is 13.7. The summed E-state index contributed by atoms with van der Waals surface area (Å²) in [4.78, 5) is 56.1. The molecule has 53 heavy (non-hydrogen) atoms. The summed E-state index contributed by atoms with van der Waals surface area (Å²) in [7, 11) is 0. The number of halogens is 2. The Balaban J connectivity index is 0.911. The van der Waals surface area contributed by atoms with Gasteiger partial charge in [0.2, 0.25) is 11.7 Å². The predicted molar refractivity (Wildman–Crippen MR) is 191 cm³/mol. The van der Waals surface area contributed by atoms with Crippen molar-refractivity contribution in [1.29, 1.82) is 0 Å². The van der Waals surface area contributed by atoms with E-state index in [4.69, 9.17) is 4.74 Å². The second kappa shape index (κ2) is 12.2. The number of hydrogen-bond acceptors (Lipinski definition) is 8. The van der Waals surface area contributed by atoms with E-state index in [0.717, 1.165) is 5.56 Å². The fourth-order valence-electron chi connectivity index (χ4n) is 10.6. The first kappa shape index (κ1) is 35.4. The summed E-state index contributed by atoms with van der Waals surface area (Å²) < 4.78 is 37.9. The largest absolute Gasteiger partial charge is 0.454 e. The van der Waals surface area contributed by atoms with Crippen LogP contribution in [0.15, 0.2) is 78.7 Å². The number of nitrogens with zero attached hydrogens (tertiary/aromatic N) is 1. The summed E-state index contributed by atoms with van der Waals surface area (Å²) >= 11 is 0. The second-order valence-corrected chi connectivity index (χ2v) is 16.3. The molecule has 9 nitrogen and oxygen atoms in total. The van der Waals surface area contributed by atoms with Crippen molar-refractivity contribution in [3.05, 3.63) is 95.6 Å². The van der Waals surface area contributed by atoms with E-state index in [1.165, 1.54) is 24.4 Å². The molecule has 5 aliphatic rings. The fraction of sp³-hybridized carbons (Fsp3) is 0.452. The van der Waals surface area contributed by atoms with E-state index in [9.17, 15) is 33.8 Å². The van der Waals surface area contributed by atoms with E-state index in [-0.39, 0.29) is 41.2 Å². The number of aliphatic hydroxyl groups is 2. The Kier molecular flexibility index (Phi) is 8.16. The van der Waals surface area contributed by atoms with E-state index >= 15 is 4.39 Å². The lowest BCUT2D eigenvalue weighted by Gasteiger charge is -2.62. The molecule has 5 aliphatic carbocycles. The third kappa shape index (κ3) is 5.10. The van der Waals surface area contributed by atoms with E-state index < -0.39 is 70.1 Å². The average molecular weight is 725 g/mol. The number of Topliss-reactive ketones (excluding diaryl/α,β-unsaturated/α-hetero) is 1. The molecular formula is C42H42F2N2O7. The molecule has 1 heterocycles. The lowest BCUT2D eigenvalue weighted by atomic mass is 9.44. The summed E-state index contributed by atoms with van der Waals surface area (Å²) in [6.45, 7) is 4.49. The molecule has 0 unspecified atom stereocenters. The van der Waals surface area contributed by atoms with Gasteiger partial charge in [0.15, 0.2) is 23.9 Å². The van der Waals surface area contributed by atoms with Gasteiger partial charge in [-0.15, -0.1) is 0 Å². The highest BCUT2D eigenvalue weighted by Crippen LogP contribution is 2.70. The summed E-state index contributed by atoms with van der Waals surface area (Å²) in [5.41, 5.74) is -4.70. The van der Waals surface area contributed by atoms with E-state index in [1.807, 2.05) is 0 Å². The van der Waals surface area contributed by atoms with Crippen LogP contribution in [0.4, 0.5) is 14.5 Å². The number of hydrogen-bond donors (Lipinski definition) is 3. The van der Waals surface area contributed by atoms with Gasteiger partial charge in [-0.25, -0.2) is 13.6 Å². The number of alkyl halides is 1. The second-order valence-electron chi connectivity index (χ2n) is 16.3. The molecule has 0 aliphatic heterocycles. The first-order chi connectivity index (χ1) is 25.1. The molecule has 0 saturated heterocycles. The van der Waals surface area contributed by atoms with Gasteiger partial charge < -0.3 is 20.3 Å². The number of carbonyl (C=O) groups is 4. The molecule has 3 N–H and O–H groups in total. The highest BCUT2D eigenvalue weighted by atomic mass is 19.1. The van der Waals surface area contributed by atoms with Crippen LogP contribution in [0.5, 0.6) is 0 Å². The van der Waals surface area contributed by atoms with Crippen molar-refractivity contribution in [2.24, 2.45) is 34.5 Å². The molecule has 1 aromatic heterocycles. The molecular weight excluding hydrogens is 682 g/mol. The number of aromatic nitrogens is 1. The maximum Gasteiger partial charge on any atom is 0.338 e. The Morgan fingerprint density at radius 3 is 2.57 bits per heavy atom. The maximum absolute atomic E-state index is 17.5. The fourth-order valence-corrected chi connectivity index (χ4v) is 10.6. The normalized spacial score (nSPS) is 36.9. The smallest absolute Gasteiger partial charge is 0.338 e. The van der Waals surface area contributed by atoms with Gasteiger partial charge >= 0.3 is 5.97 Å². The van der Waals surface area contributed by atoms with Gasteiger partial charge in [0.1, 0.15) is 5.60 Å². The van der Waals surface area contributed by atoms with Crippen molar-refractivity contribution in [3.63, 3.8) is 0 Å². The number of anilines is 1. The number of aliphatic hydroxyl groups excluding tert-OH is 1. The number of ether oxygens (including phenoxy) is 1. The Hall–Kier alpha value is -4.61.